The highest BCUT2D eigenvalue weighted by atomic mass is 28.4. The van der Waals surface area contributed by atoms with Gasteiger partial charge in [-0.25, -0.2) is 0 Å². The lowest BCUT2D eigenvalue weighted by molar-refractivity contribution is 0.497. The van der Waals surface area contributed by atoms with Crippen LogP contribution in [0.15, 0.2) is 49.6 Å². The Morgan fingerprint density at radius 3 is 1.61 bits per heavy atom. The summed E-state index contributed by atoms with van der Waals surface area (Å²) in [6, 6.07) is 0. The molecule has 46 heavy (non-hydrogen) atoms. The van der Waals surface area contributed by atoms with Crippen LogP contribution >= 0.6 is 0 Å². The predicted molar refractivity (Wildman–Crippen MR) is 220 cm³/mol. The smallest absolute Gasteiger partial charge is 0.177 e. The van der Waals surface area contributed by atoms with Gasteiger partial charge in [0, 0.05) is 0 Å². The Labute approximate surface area is 293 Å². The molecule has 0 aliphatic heterocycles. The van der Waals surface area contributed by atoms with Crippen molar-refractivity contribution in [3.05, 3.63) is 49.6 Å². The SMILES string of the molecule is C=CC1CC(/C=C/CCCCCC)C([Si](C)(C)O[Si](C)(C)C)C1.C=CCCCCCC.C[Si](C)(C)O[Si](C)(C)C1CC2C=CC1C2. The molecule has 2 fully saturated rings. The van der Waals surface area contributed by atoms with Gasteiger partial charge < -0.3 is 8.23 Å². The predicted octanol–water partition coefficient (Wildman–Crippen LogP) is 14.3. The molecular formula is C40H80O2Si4. The zero-order chi connectivity index (χ0) is 35.0. The molecule has 0 aromatic carbocycles. The van der Waals surface area contributed by atoms with Crippen molar-refractivity contribution in [3.63, 3.8) is 0 Å². The molecule has 0 aromatic rings. The summed E-state index contributed by atoms with van der Waals surface area (Å²) in [7, 11) is -5.91. The highest BCUT2D eigenvalue weighted by Crippen LogP contribution is 2.52. The van der Waals surface area contributed by atoms with Crippen molar-refractivity contribution in [2.45, 2.75) is 180 Å². The zero-order valence-electron chi connectivity index (χ0n) is 33.1. The van der Waals surface area contributed by atoms with Crippen molar-refractivity contribution >= 4 is 33.3 Å². The summed E-state index contributed by atoms with van der Waals surface area (Å²) in [6.07, 6.45) is 32.7. The van der Waals surface area contributed by atoms with E-state index in [1.54, 1.807) is 0 Å². The van der Waals surface area contributed by atoms with Gasteiger partial charge in [-0.15, -0.1) is 13.2 Å². The third-order valence-electron chi connectivity index (χ3n) is 10.1. The van der Waals surface area contributed by atoms with Crippen molar-refractivity contribution in [2.24, 2.45) is 23.7 Å². The average molecular weight is 705 g/mol. The van der Waals surface area contributed by atoms with Crippen LogP contribution < -0.4 is 0 Å². The summed E-state index contributed by atoms with van der Waals surface area (Å²) in [6.45, 7) is 36.0. The molecule has 0 amide bonds. The highest BCUT2D eigenvalue weighted by molar-refractivity contribution is 6.85. The minimum Gasteiger partial charge on any atom is -0.455 e. The van der Waals surface area contributed by atoms with Crippen molar-refractivity contribution in [3.8, 4) is 0 Å². The first-order valence-electron chi connectivity index (χ1n) is 19.4. The maximum Gasteiger partial charge on any atom is 0.177 e. The van der Waals surface area contributed by atoms with Gasteiger partial charge in [0.05, 0.1) is 0 Å². The molecule has 0 spiro atoms. The zero-order valence-corrected chi connectivity index (χ0v) is 37.1. The minimum atomic E-state index is -1.65. The monoisotopic (exact) mass is 705 g/mol. The van der Waals surface area contributed by atoms with Gasteiger partial charge in [-0.3, -0.25) is 0 Å². The van der Waals surface area contributed by atoms with Crippen LogP contribution in [0.3, 0.4) is 0 Å². The quantitative estimate of drug-likeness (QED) is 0.0803. The van der Waals surface area contributed by atoms with Gasteiger partial charge in [0.2, 0.25) is 0 Å². The molecule has 0 radical (unpaired) electrons. The van der Waals surface area contributed by atoms with Crippen LogP contribution in [0.1, 0.15) is 104 Å². The number of hydrogen-bond donors (Lipinski definition) is 0. The second-order valence-electron chi connectivity index (χ2n) is 17.7. The van der Waals surface area contributed by atoms with E-state index in [1.165, 1.54) is 89.9 Å². The summed E-state index contributed by atoms with van der Waals surface area (Å²) < 4.78 is 13.2. The van der Waals surface area contributed by atoms with Crippen LogP contribution in [-0.2, 0) is 8.23 Å². The second-order valence-corrected chi connectivity index (χ2v) is 35.7. The number of rotatable bonds is 18. The van der Waals surface area contributed by atoms with Gasteiger partial charge in [0.15, 0.2) is 33.3 Å². The van der Waals surface area contributed by atoms with E-state index < -0.39 is 33.3 Å². The minimum absolute atomic E-state index is 0.687. The molecule has 0 saturated heterocycles. The molecule has 2 bridgehead atoms. The Balaban J connectivity index is 0.000000391. The van der Waals surface area contributed by atoms with Crippen molar-refractivity contribution in [1.82, 2.24) is 0 Å². The lowest BCUT2D eigenvalue weighted by Gasteiger charge is -2.38. The molecule has 3 aliphatic rings. The third kappa shape index (κ3) is 17.4. The Hall–Kier alpha value is -0.252. The highest BCUT2D eigenvalue weighted by Gasteiger charge is 2.48. The van der Waals surface area contributed by atoms with E-state index in [2.05, 4.69) is 123 Å². The van der Waals surface area contributed by atoms with E-state index in [9.17, 15) is 0 Å². The maximum absolute atomic E-state index is 6.70. The molecule has 268 valence electrons. The molecule has 3 aliphatic carbocycles. The first-order chi connectivity index (χ1) is 21.4. The Morgan fingerprint density at radius 2 is 1.17 bits per heavy atom. The van der Waals surface area contributed by atoms with Gasteiger partial charge >= 0.3 is 0 Å². The van der Waals surface area contributed by atoms with E-state index in [1.807, 2.05) is 6.08 Å². The molecular weight excluding hydrogens is 625 g/mol. The van der Waals surface area contributed by atoms with Crippen LogP contribution in [-0.4, -0.2) is 33.3 Å². The molecule has 6 heteroatoms. The fourth-order valence-electron chi connectivity index (χ4n) is 8.30. The van der Waals surface area contributed by atoms with Crippen LogP contribution in [0.2, 0.25) is 76.6 Å². The van der Waals surface area contributed by atoms with E-state index in [4.69, 9.17) is 8.23 Å². The van der Waals surface area contributed by atoms with E-state index in [0.717, 1.165) is 22.9 Å². The maximum atomic E-state index is 6.70. The molecule has 0 N–H and O–H groups in total. The van der Waals surface area contributed by atoms with Crippen LogP contribution in [0.5, 0.6) is 0 Å². The largest absolute Gasteiger partial charge is 0.455 e. The second kappa shape index (κ2) is 21.1. The molecule has 6 unspecified atom stereocenters. The summed E-state index contributed by atoms with van der Waals surface area (Å²) in [4.78, 5) is 0. The van der Waals surface area contributed by atoms with E-state index >= 15 is 0 Å². The number of fused-ring (bicyclic) bond motifs is 2. The first-order valence-corrected chi connectivity index (χ1v) is 32.2. The van der Waals surface area contributed by atoms with Gasteiger partial charge in [-0.05, 0) is 152 Å². The average Bonchev–Trinajstić information content (AvgIpc) is 3.68. The summed E-state index contributed by atoms with van der Waals surface area (Å²) >= 11 is 0. The lowest BCUT2D eigenvalue weighted by Crippen LogP contribution is -2.46. The fourth-order valence-corrected chi connectivity index (χ4v) is 26.4. The van der Waals surface area contributed by atoms with Gasteiger partial charge in [-0.1, -0.05) is 88.8 Å². The Bertz CT molecular complexity index is 911. The van der Waals surface area contributed by atoms with Crippen LogP contribution in [0, 0.1) is 23.7 Å². The van der Waals surface area contributed by atoms with Gasteiger partial charge in [0.25, 0.3) is 0 Å². The summed E-state index contributed by atoms with van der Waals surface area (Å²) in [5, 5.41) is 0. The topological polar surface area (TPSA) is 18.5 Å². The molecule has 0 aromatic heterocycles. The molecule has 3 rings (SSSR count). The third-order valence-corrected chi connectivity index (χ3v) is 24.1. The number of hydrogen-bond acceptors (Lipinski definition) is 2. The summed E-state index contributed by atoms with van der Waals surface area (Å²) in [5.74, 6) is 3.14. The van der Waals surface area contributed by atoms with Crippen molar-refractivity contribution in [1.29, 1.82) is 0 Å². The molecule has 2 nitrogen and oxygen atoms in total. The van der Waals surface area contributed by atoms with Gasteiger partial charge in [-0.2, -0.15) is 0 Å². The standard InChI is InChI=1S/C20H40OSi2.C12H24OSi2.C8H16/c1-8-10-11-12-13-14-15-19-16-18(9-2)17-20(19)23(6,7)21-22(3,4)5;1-14(2,3)13-15(4,5)12-9-10-6-7-11(12)8-10;1-3-5-7-8-6-4-2/h9,14-15,18-20H,2,8,10-13,16-17H2,1,3-7H3;6-7,10-12H,8-9H2,1-5H3;3H,1,4-8H2,2H3/b15-14+;;. The van der Waals surface area contributed by atoms with Gasteiger partial charge in [0.1, 0.15) is 0 Å². The van der Waals surface area contributed by atoms with E-state index in [0.29, 0.717) is 11.8 Å². The fraction of sp³-hybridized carbons (Fsp3) is 0.800. The van der Waals surface area contributed by atoms with Crippen LogP contribution in [0.25, 0.3) is 0 Å². The Kier molecular flexibility index (Phi) is 20.1. The molecule has 2 saturated carbocycles. The number of allylic oxidation sites excluding steroid dienone is 6. The Morgan fingerprint density at radius 1 is 0.630 bits per heavy atom. The lowest BCUT2D eigenvalue weighted by atomic mass is 10.0. The molecule has 0 heterocycles. The summed E-state index contributed by atoms with van der Waals surface area (Å²) in [5.41, 5.74) is 1.64. The normalized spacial score (nSPS) is 26.1. The van der Waals surface area contributed by atoms with Crippen molar-refractivity contribution < 1.29 is 8.23 Å². The van der Waals surface area contributed by atoms with Crippen molar-refractivity contribution in [2.75, 3.05) is 0 Å². The number of unbranched alkanes of at least 4 members (excludes halogenated alkanes) is 8. The first kappa shape index (κ1) is 43.8. The van der Waals surface area contributed by atoms with E-state index in [-0.39, 0.29) is 0 Å². The molecule has 6 atom stereocenters. The van der Waals surface area contributed by atoms with Crippen LogP contribution in [0.4, 0.5) is 0 Å².